The third-order valence-corrected chi connectivity index (χ3v) is 9.99. The van der Waals surface area contributed by atoms with Gasteiger partial charge in [-0.3, -0.25) is 14.2 Å². The maximum absolute atomic E-state index is 13.8. The Morgan fingerprint density at radius 3 is 2.45 bits per heavy atom. The molecule has 0 bridgehead atoms. The molecule has 0 aliphatic heterocycles. The molecule has 5 aromatic rings. The van der Waals surface area contributed by atoms with Gasteiger partial charge in [0.2, 0.25) is 0 Å². The maximum Gasteiger partial charge on any atom is 0.282 e. The number of nitrogens with zero attached hydrogens (tertiary/aromatic N) is 5. The van der Waals surface area contributed by atoms with Gasteiger partial charge in [0.1, 0.15) is 24.2 Å². The first kappa shape index (κ1) is 36.4. The van der Waals surface area contributed by atoms with Crippen LogP contribution in [0.5, 0.6) is 0 Å². The van der Waals surface area contributed by atoms with Crippen LogP contribution in [0.3, 0.4) is 0 Å². The van der Waals surface area contributed by atoms with E-state index in [-0.39, 0.29) is 27.6 Å². The standard InChI is InChI=1S/C18H12Cl2F3N3O.C17H22ClN3O/c1-26-8-12(16(25-26)17(22)23)18(27)24-15-5-3-10(21)7-11(15)9-2-4-13(19)14(20)6-9;1-16(2)8-7-14(9-13-3-5-15(18)6-4-13)17(16,22)10-21-12-19-11-20-21/h2-8,17H,1H3,(H,24,27);3-6,11-12,14,22H,7-10H2,1-2H3. The molecule has 2 unspecified atom stereocenters. The molecule has 2 heterocycles. The van der Waals surface area contributed by atoms with Crippen molar-refractivity contribution in [2.45, 2.75) is 51.7 Å². The topological polar surface area (TPSA) is 97.9 Å². The summed E-state index contributed by atoms with van der Waals surface area (Å²) in [5, 5.41) is 23.1. The van der Waals surface area contributed by atoms with E-state index in [4.69, 9.17) is 34.8 Å². The van der Waals surface area contributed by atoms with E-state index in [1.54, 1.807) is 17.1 Å². The molecule has 258 valence electrons. The average Bonchev–Trinajstić information content (AvgIpc) is 3.76. The number of carbonyl (C=O) groups is 1. The van der Waals surface area contributed by atoms with Crippen LogP contribution in [0.2, 0.25) is 15.1 Å². The maximum atomic E-state index is 13.8. The number of hydrogen-bond acceptors (Lipinski definition) is 5. The number of rotatable bonds is 8. The highest BCUT2D eigenvalue weighted by Crippen LogP contribution is 2.51. The first-order valence-corrected chi connectivity index (χ1v) is 16.5. The van der Waals surface area contributed by atoms with Gasteiger partial charge in [0.15, 0.2) is 0 Å². The molecular formula is C35H34Cl3F3N6O2. The van der Waals surface area contributed by atoms with Crippen molar-refractivity contribution in [3.8, 4) is 11.1 Å². The van der Waals surface area contributed by atoms with Crippen LogP contribution in [0.1, 0.15) is 54.7 Å². The highest BCUT2D eigenvalue weighted by molar-refractivity contribution is 6.42. The van der Waals surface area contributed by atoms with E-state index in [0.29, 0.717) is 22.7 Å². The van der Waals surface area contributed by atoms with Gasteiger partial charge < -0.3 is 10.4 Å². The van der Waals surface area contributed by atoms with E-state index in [0.717, 1.165) is 35.0 Å². The minimum absolute atomic E-state index is 0.143. The summed E-state index contributed by atoms with van der Waals surface area (Å²) < 4.78 is 42.8. The summed E-state index contributed by atoms with van der Waals surface area (Å²) in [6.07, 6.45) is 4.35. The molecule has 8 nitrogen and oxygen atoms in total. The number of halogens is 6. The Balaban J connectivity index is 0.000000195. The summed E-state index contributed by atoms with van der Waals surface area (Å²) in [5.74, 6) is -1.12. The quantitative estimate of drug-likeness (QED) is 0.166. The smallest absolute Gasteiger partial charge is 0.282 e. The third kappa shape index (κ3) is 8.29. The molecule has 0 radical (unpaired) electrons. The summed E-state index contributed by atoms with van der Waals surface area (Å²) in [7, 11) is 1.43. The van der Waals surface area contributed by atoms with E-state index in [1.165, 1.54) is 49.4 Å². The molecule has 0 spiro atoms. The second-order valence-corrected chi connectivity index (χ2v) is 13.9. The SMILES string of the molecule is CC1(C)CCC(Cc2ccc(Cl)cc2)C1(O)Cn1cncn1.Cn1cc(C(=O)Nc2ccc(F)cc2-c2ccc(Cl)c(Cl)c2)c(C(F)F)n1. The highest BCUT2D eigenvalue weighted by Gasteiger charge is 2.54. The number of alkyl halides is 2. The van der Waals surface area contributed by atoms with E-state index < -0.39 is 29.4 Å². The Morgan fingerprint density at radius 2 is 1.80 bits per heavy atom. The Labute approximate surface area is 296 Å². The highest BCUT2D eigenvalue weighted by atomic mass is 35.5. The molecule has 14 heteroatoms. The van der Waals surface area contributed by atoms with Gasteiger partial charge in [-0.25, -0.2) is 18.2 Å². The summed E-state index contributed by atoms with van der Waals surface area (Å²) in [6.45, 7) is 4.77. The van der Waals surface area contributed by atoms with Crippen molar-refractivity contribution in [2.75, 3.05) is 5.32 Å². The number of amides is 1. The van der Waals surface area contributed by atoms with Crippen molar-refractivity contribution in [3.05, 3.63) is 117 Å². The Morgan fingerprint density at radius 1 is 1.06 bits per heavy atom. The molecule has 1 saturated carbocycles. The predicted molar refractivity (Wildman–Crippen MR) is 185 cm³/mol. The number of anilines is 1. The number of nitrogens with one attached hydrogen (secondary N) is 1. The van der Waals surface area contributed by atoms with Crippen molar-refractivity contribution < 1.29 is 23.1 Å². The minimum Gasteiger partial charge on any atom is -0.387 e. The molecule has 1 aliphatic carbocycles. The Hall–Kier alpha value is -3.90. The van der Waals surface area contributed by atoms with Gasteiger partial charge in [-0.15, -0.1) is 0 Å². The lowest BCUT2D eigenvalue weighted by Gasteiger charge is -2.40. The molecule has 2 aromatic heterocycles. The van der Waals surface area contributed by atoms with E-state index in [9.17, 15) is 23.1 Å². The van der Waals surface area contributed by atoms with Gasteiger partial charge in [-0.2, -0.15) is 10.2 Å². The fraction of sp³-hybridized carbons (Fsp3) is 0.314. The zero-order chi connectivity index (χ0) is 35.5. The van der Waals surface area contributed by atoms with Crippen LogP contribution in [0, 0.1) is 17.2 Å². The van der Waals surface area contributed by atoms with Gasteiger partial charge in [-0.1, -0.05) is 66.8 Å². The first-order valence-electron chi connectivity index (χ1n) is 15.3. The van der Waals surface area contributed by atoms with Gasteiger partial charge in [0.05, 0.1) is 27.8 Å². The van der Waals surface area contributed by atoms with Crippen molar-refractivity contribution in [2.24, 2.45) is 18.4 Å². The summed E-state index contributed by atoms with van der Waals surface area (Å²) in [4.78, 5) is 16.5. The van der Waals surface area contributed by atoms with Gasteiger partial charge in [0.25, 0.3) is 12.3 Å². The largest absolute Gasteiger partial charge is 0.387 e. The average molecular weight is 734 g/mol. The summed E-state index contributed by atoms with van der Waals surface area (Å²) in [6, 6.07) is 16.2. The molecular weight excluding hydrogens is 700 g/mol. The van der Waals surface area contributed by atoms with Crippen LogP contribution >= 0.6 is 34.8 Å². The van der Waals surface area contributed by atoms with Crippen LogP contribution < -0.4 is 5.32 Å². The monoisotopic (exact) mass is 732 g/mol. The molecule has 49 heavy (non-hydrogen) atoms. The lowest BCUT2D eigenvalue weighted by Crippen LogP contribution is -2.49. The van der Waals surface area contributed by atoms with Gasteiger partial charge in [0, 0.05) is 29.5 Å². The lowest BCUT2D eigenvalue weighted by molar-refractivity contribution is -0.0907. The van der Waals surface area contributed by atoms with Gasteiger partial charge >= 0.3 is 0 Å². The number of aryl methyl sites for hydroxylation is 1. The number of carbonyl (C=O) groups excluding carboxylic acids is 1. The second-order valence-electron chi connectivity index (χ2n) is 12.6. The van der Waals surface area contributed by atoms with Crippen LogP contribution in [0.25, 0.3) is 11.1 Å². The van der Waals surface area contributed by atoms with Gasteiger partial charge in [-0.05, 0) is 84.2 Å². The second kappa shape index (κ2) is 14.9. The number of aliphatic hydroxyl groups is 1. The predicted octanol–water partition coefficient (Wildman–Crippen LogP) is 9.06. The number of benzene rings is 3. The van der Waals surface area contributed by atoms with Crippen molar-refractivity contribution >= 4 is 46.4 Å². The Bertz CT molecular complexity index is 1920. The normalized spacial score (nSPS) is 18.3. The Kier molecular flexibility index (Phi) is 11.1. The lowest BCUT2D eigenvalue weighted by atomic mass is 9.72. The van der Waals surface area contributed by atoms with E-state index >= 15 is 0 Å². The van der Waals surface area contributed by atoms with E-state index in [2.05, 4.69) is 34.3 Å². The van der Waals surface area contributed by atoms with E-state index in [1.807, 2.05) is 24.3 Å². The number of aromatic nitrogens is 5. The molecule has 2 N–H and O–H groups in total. The van der Waals surface area contributed by atoms with Crippen LogP contribution in [0.15, 0.2) is 79.5 Å². The zero-order valence-corrected chi connectivity index (χ0v) is 29.1. The molecule has 1 aliphatic rings. The molecule has 6 rings (SSSR count). The van der Waals surface area contributed by atoms with Crippen molar-refractivity contribution in [1.29, 1.82) is 0 Å². The van der Waals surface area contributed by atoms with Crippen LogP contribution in [-0.4, -0.2) is 41.2 Å². The van der Waals surface area contributed by atoms with Crippen LogP contribution in [-0.2, 0) is 20.0 Å². The summed E-state index contributed by atoms with van der Waals surface area (Å²) in [5.41, 5.74) is 0.429. The molecule has 3 aromatic carbocycles. The first-order chi connectivity index (χ1) is 23.2. The third-order valence-electron chi connectivity index (χ3n) is 9.00. The molecule has 1 amide bonds. The fourth-order valence-electron chi connectivity index (χ4n) is 6.18. The van der Waals surface area contributed by atoms with Crippen LogP contribution in [0.4, 0.5) is 18.9 Å². The molecule has 2 atom stereocenters. The zero-order valence-electron chi connectivity index (χ0n) is 26.8. The fourth-order valence-corrected chi connectivity index (χ4v) is 6.61. The molecule has 0 saturated heterocycles. The number of hydrogen-bond donors (Lipinski definition) is 2. The van der Waals surface area contributed by atoms with Crippen molar-refractivity contribution in [1.82, 2.24) is 24.5 Å². The minimum atomic E-state index is -2.91. The summed E-state index contributed by atoms with van der Waals surface area (Å²) >= 11 is 17.9. The van der Waals surface area contributed by atoms with Crippen molar-refractivity contribution in [3.63, 3.8) is 0 Å². The molecule has 1 fully saturated rings.